The summed E-state index contributed by atoms with van der Waals surface area (Å²) in [7, 11) is 4.03. The third-order valence-electron chi connectivity index (χ3n) is 3.53. The lowest BCUT2D eigenvalue weighted by Crippen LogP contribution is -2.23. The summed E-state index contributed by atoms with van der Waals surface area (Å²) in [6, 6.07) is 11.5. The molecule has 0 saturated carbocycles. The second-order valence-electron chi connectivity index (χ2n) is 5.81. The Labute approximate surface area is 145 Å². The van der Waals surface area contributed by atoms with Crippen LogP contribution in [0.3, 0.4) is 0 Å². The van der Waals surface area contributed by atoms with Crippen LogP contribution < -0.4 is 5.32 Å². The first kappa shape index (κ1) is 16.4. The van der Waals surface area contributed by atoms with Crippen molar-refractivity contribution >= 4 is 17.2 Å². The molecule has 0 spiro atoms. The van der Waals surface area contributed by atoms with Gasteiger partial charge in [-0.1, -0.05) is 18.2 Å². The molecule has 1 aromatic carbocycles. The highest BCUT2D eigenvalue weighted by Gasteiger charge is 2.13. The number of nitrogens with zero attached hydrogens (tertiary/aromatic N) is 3. The van der Waals surface area contributed by atoms with Crippen LogP contribution in [0.15, 0.2) is 54.2 Å². The van der Waals surface area contributed by atoms with Crippen LogP contribution in [0.5, 0.6) is 0 Å². The van der Waals surface area contributed by atoms with E-state index in [2.05, 4.69) is 15.3 Å². The van der Waals surface area contributed by atoms with E-state index in [0.29, 0.717) is 12.1 Å². The number of para-hydroxylation sites is 1. The van der Waals surface area contributed by atoms with E-state index in [1.807, 2.05) is 68.3 Å². The largest absolute Gasteiger partial charge is 0.347 e. The molecule has 24 heavy (non-hydrogen) atoms. The zero-order valence-electron chi connectivity index (χ0n) is 13.8. The Bertz CT molecular complexity index is 808. The van der Waals surface area contributed by atoms with Gasteiger partial charge in [-0.15, -0.1) is 11.3 Å². The van der Waals surface area contributed by atoms with Crippen molar-refractivity contribution in [2.45, 2.75) is 13.1 Å². The first-order valence-electron chi connectivity index (χ1n) is 7.72. The number of thiophene rings is 1. The van der Waals surface area contributed by atoms with Crippen LogP contribution >= 0.6 is 11.3 Å². The molecule has 2 aromatic heterocycles. The number of carbonyl (C=O) groups is 1. The van der Waals surface area contributed by atoms with Gasteiger partial charge in [-0.25, -0.2) is 4.68 Å². The molecule has 1 N–H and O–H groups in total. The van der Waals surface area contributed by atoms with Gasteiger partial charge in [0, 0.05) is 23.2 Å². The molecule has 6 heteroatoms. The van der Waals surface area contributed by atoms with Gasteiger partial charge in [0.1, 0.15) is 0 Å². The summed E-state index contributed by atoms with van der Waals surface area (Å²) in [6.07, 6.45) is 3.80. The second kappa shape index (κ2) is 7.42. The topological polar surface area (TPSA) is 50.2 Å². The first-order chi connectivity index (χ1) is 11.6. The molecule has 0 unspecified atom stereocenters. The van der Waals surface area contributed by atoms with Crippen LogP contribution in [0.1, 0.15) is 20.8 Å². The summed E-state index contributed by atoms with van der Waals surface area (Å²) in [5.41, 5.74) is 2.51. The third kappa shape index (κ3) is 3.90. The van der Waals surface area contributed by atoms with E-state index >= 15 is 0 Å². The van der Waals surface area contributed by atoms with Crippen LogP contribution in [-0.2, 0) is 13.1 Å². The summed E-state index contributed by atoms with van der Waals surface area (Å²) in [6.45, 7) is 1.35. The maximum absolute atomic E-state index is 12.6. The molecule has 0 aliphatic carbocycles. The molecular weight excluding hydrogens is 320 g/mol. The van der Waals surface area contributed by atoms with Crippen LogP contribution in [0.25, 0.3) is 5.69 Å². The number of amides is 1. The zero-order chi connectivity index (χ0) is 16.9. The van der Waals surface area contributed by atoms with Crippen LogP contribution in [-0.4, -0.2) is 34.7 Å². The minimum absolute atomic E-state index is 0.0938. The molecule has 0 fully saturated rings. The molecule has 124 valence electrons. The summed E-state index contributed by atoms with van der Waals surface area (Å²) in [5.74, 6) is -0.0938. The summed E-state index contributed by atoms with van der Waals surface area (Å²) in [4.78, 5) is 15.8. The van der Waals surface area contributed by atoms with Crippen molar-refractivity contribution in [1.82, 2.24) is 20.0 Å². The molecule has 5 nitrogen and oxygen atoms in total. The van der Waals surface area contributed by atoms with E-state index in [1.54, 1.807) is 16.0 Å². The van der Waals surface area contributed by atoms with E-state index in [4.69, 9.17) is 0 Å². The average Bonchev–Trinajstić information content (AvgIpc) is 3.24. The summed E-state index contributed by atoms with van der Waals surface area (Å²) < 4.78 is 1.76. The normalized spacial score (nSPS) is 11.0. The van der Waals surface area contributed by atoms with Gasteiger partial charge >= 0.3 is 0 Å². The molecule has 0 atom stereocenters. The maximum atomic E-state index is 12.6. The number of nitrogens with one attached hydrogen (secondary N) is 1. The molecule has 2 heterocycles. The Kier molecular flexibility index (Phi) is 5.08. The van der Waals surface area contributed by atoms with Gasteiger partial charge in [0.2, 0.25) is 0 Å². The van der Waals surface area contributed by atoms with Gasteiger partial charge in [-0.2, -0.15) is 5.10 Å². The van der Waals surface area contributed by atoms with E-state index in [0.717, 1.165) is 22.7 Å². The third-order valence-corrected chi connectivity index (χ3v) is 4.41. The highest BCUT2D eigenvalue weighted by atomic mass is 32.1. The lowest BCUT2D eigenvalue weighted by molar-refractivity contribution is 0.0951. The zero-order valence-corrected chi connectivity index (χ0v) is 14.6. The van der Waals surface area contributed by atoms with E-state index < -0.39 is 0 Å². The molecule has 0 aliphatic rings. The van der Waals surface area contributed by atoms with Crippen molar-refractivity contribution in [2.75, 3.05) is 14.1 Å². The Morgan fingerprint density at radius 1 is 1.25 bits per heavy atom. The smallest absolute Gasteiger partial charge is 0.253 e. The summed E-state index contributed by atoms with van der Waals surface area (Å²) >= 11 is 1.63. The highest BCUT2D eigenvalue weighted by Crippen LogP contribution is 2.16. The Balaban J connectivity index is 1.79. The average molecular weight is 340 g/mol. The number of hydrogen-bond acceptors (Lipinski definition) is 4. The van der Waals surface area contributed by atoms with Gasteiger partial charge in [0.15, 0.2) is 0 Å². The minimum Gasteiger partial charge on any atom is -0.347 e. The second-order valence-corrected chi connectivity index (χ2v) is 6.84. The summed E-state index contributed by atoms with van der Waals surface area (Å²) in [5, 5.41) is 9.38. The van der Waals surface area contributed by atoms with Gasteiger partial charge in [0.05, 0.1) is 24.0 Å². The molecule has 0 radical (unpaired) electrons. The molecular formula is C18H20N4OS. The fraction of sp³-hybridized carbons (Fsp3) is 0.222. The van der Waals surface area contributed by atoms with Gasteiger partial charge in [0.25, 0.3) is 5.91 Å². The fourth-order valence-electron chi connectivity index (χ4n) is 2.48. The molecule has 0 bridgehead atoms. The predicted octanol–water partition coefficient (Wildman–Crippen LogP) is 2.93. The van der Waals surface area contributed by atoms with Gasteiger partial charge in [-0.3, -0.25) is 4.79 Å². The lowest BCUT2D eigenvalue weighted by atomic mass is 10.1. The van der Waals surface area contributed by atoms with Crippen molar-refractivity contribution in [3.63, 3.8) is 0 Å². The standard InChI is InChI=1S/C18H20N4OS/c1-21(2)12-14-10-20-22(13-14)17-8-4-3-7-16(17)18(23)19-11-15-6-5-9-24-15/h3-10,13H,11-12H2,1-2H3,(H,19,23). The number of carbonyl (C=O) groups excluding carboxylic acids is 1. The van der Waals surface area contributed by atoms with Gasteiger partial charge < -0.3 is 10.2 Å². The van der Waals surface area contributed by atoms with E-state index in [-0.39, 0.29) is 5.91 Å². The molecule has 1 amide bonds. The maximum Gasteiger partial charge on any atom is 0.253 e. The SMILES string of the molecule is CN(C)Cc1cnn(-c2ccccc2C(=O)NCc2cccs2)c1. The number of benzene rings is 1. The van der Waals surface area contributed by atoms with Gasteiger partial charge in [-0.05, 0) is 37.7 Å². The van der Waals surface area contributed by atoms with E-state index in [9.17, 15) is 4.79 Å². The van der Waals surface area contributed by atoms with Crippen molar-refractivity contribution in [3.8, 4) is 5.69 Å². The minimum atomic E-state index is -0.0938. The quantitative estimate of drug-likeness (QED) is 0.751. The van der Waals surface area contributed by atoms with Crippen molar-refractivity contribution in [1.29, 1.82) is 0 Å². The lowest BCUT2D eigenvalue weighted by Gasteiger charge is -2.10. The Morgan fingerprint density at radius 3 is 2.83 bits per heavy atom. The Hall–Kier alpha value is -2.44. The van der Waals surface area contributed by atoms with Crippen molar-refractivity contribution in [2.24, 2.45) is 0 Å². The van der Waals surface area contributed by atoms with Crippen LogP contribution in [0.4, 0.5) is 0 Å². The fourth-order valence-corrected chi connectivity index (χ4v) is 3.12. The van der Waals surface area contributed by atoms with Crippen molar-refractivity contribution < 1.29 is 4.79 Å². The highest BCUT2D eigenvalue weighted by molar-refractivity contribution is 7.09. The monoisotopic (exact) mass is 340 g/mol. The number of aromatic nitrogens is 2. The number of rotatable bonds is 6. The van der Waals surface area contributed by atoms with Crippen LogP contribution in [0.2, 0.25) is 0 Å². The van der Waals surface area contributed by atoms with Crippen LogP contribution in [0, 0.1) is 0 Å². The predicted molar refractivity (Wildman–Crippen MR) is 96.4 cm³/mol. The number of hydrogen-bond donors (Lipinski definition) is 1. The molecule has 3 aromatic rings. The van der Waals surface area contributed by atoms with E-state index in [1.165, 1.54) is 0 Å². The Morgan fingerprint density at radius 2 is 2.08 bits per heavy atom. The molecule has 3 rings (SSSR count). The molecule has 0 saturated heterocycles. The first-order valence-corrected chi connectivity index (χ1v) is 8.59. The molecule has 0 aliphatic heterocycles. The van der Waals surface area contributed by atoms with Crippen molar-refractivity contribution in [3.05, 3.63) is 70.2 Å².